The Hall–Kier alpha value is -1.71. The number of carbonyl (C=O) groups is 1. The Bertz CT molecular complexity index is 678. The van der Waals surface area contributed by atoms with E-state index in [0.29, 0.717) is 38.2 Å². The fraction of sp³-hybridized carbons (Fsp3) is 0.636. The monoisotopic (exact) mass is 532 g/mol. The van der Waals surface area contributed by atoms with Crippen LogP contribution in [-0.2, 0) is 4.79 Å². The van der Waals surface area contributed by atoms with E-state index in [0.717, 1.165) is 29.9 Å². The van der Waals surface area contributed by atoms with Crippen LogP contribution in [0.25, 0.3) is 0 Å². The molecule has 1 aromatic carbocycles. The van der Waals surface area contributed by atoms with Gasteiger partial charge in [0, 0.05) is 26.1 Å². The lowest BCUT2D eigenvalue weighted by Gasteiger charge is -2.20. The molecule has 0 aliphatic heterocycles. The van der Waals surface area contributed by atoms with Crippen molar-refractivity contribution in [2.75, 3.05) is 26.8 Å². The van der Waals surface area contributed by atoms with Crippen molar-refractivity contribution < 1.29 is 14.3 Å². The fourth-order valence-corrected chi connectivity index (χ4v) is 3.48. The molecule has 1 fully saturated rings. The van der Waals surface area contributed by atoms with Crippen LogP contribution in [0.1, 0.15) is 64.5 Å². The van der Waals surface area contributed by atoms with Crippen LogP contribution >= 0.6 is 24.0 Å². The maximum absolute atomic E-state index is 12.1. The molecule has 1 saturated carbocycles. The Morgan fingerprint density at radius 1 is 1.17 bits per heavy atom. The van der Waals surface area contributed by atoms with E-state index in [1.54, 1.807) is 7.05 Å². The number of ether oxygens (including phenoxy) is 2. The van der Waals surface area contributed by atoms with Crippen LogP contribution in [0.3, 0.4) is 0 Å². The molecule has 8 heteroatoms. The lowest BCUT2D eigenvalue weighted by atomic mass is 10.1. The zero-order valence-corrected chi connectivity index (χ0v) is 21.0. The van der Waals surface area contributed by atoms with Crippen LogP contribution in [-0.4, -0.2) is 44.7 Å². The Morgan fingerprint density at radius 3 is 2.47 bits per heavy atom. The number of carbonyl (C=O) groups excluding carboxylic acids is 1. The molecule has 1 aromatic rings. The lowest BCUT2D eigenvalue weighted by Crippen LogP contribution is -2.41. The first kappa shape index (κ1) is 26.3. The van der Waals surface area contributed by atoms with Gasteiger partial charge in [0.2, 0.25) is 5.91 Å². The van der Waals surface area contributed by atoms with E-state index in [2.05, 4.69) is 27.9 Å². The van der Waals surface area contributed by atoms with Gasteiger partial charge in [-0.25, -0.2) is 0 Å². The fourth-order valence-electron chi connectivity index (χ4n) is 3.48. The summed E-state index contributed by atoms with van der Waals surface area (Å²) in [5.41, 5.74) is 1.07. The van der Waals surface area contributed by atoms with Crippen LogP contribution in [0, 0.1) is 0 Å². The third kappa shape index (κ3) is 8.57. The molecule has 2 rings (SSSR count). The minimum absolute atomic E-state index is 0. The molecule has 3 N–H and O–H groups in total. The van der Waals surface area contributed by atoms with Crippen molar-refractivity contribution >= 4 is 35.8 Å². The summed E-state index contributed by atoms with van der Waals surface area (Å²) in [4.78, 5) is 16.3. The van der Waals surface area contributed by atoms with Crippen molar-refractivity contribution in [1.29, 1.82) is 0 Å². The predicted octanol–water partition coefficient (Wildman–Crippen LogP) is 3.78. The van der Waals surface area contributed by atoms with Crippen molar-refractivity contribution in [2.45, 2.75) is 65.0 Å². The first-order valence-corrected chi connectivity index (χ1v) is 10.7. The van der Waals surface area contributed by atoms with Gasteiger partial charge in [-0.2, -0.15) is 0 Å². The summed E-state index contributed by atoms with van der Waals surface area (Å²) in [6, 6.07) is 6.33. The van der Waals surface area contributed by atoms with Gasteiger partial charge < -0.3 is 25.4 Å². The highest BCUT2D eigenvalue weighted by molar-refractivity contribution is 14.0. The summed E-state index contributed by atoms with van der Waals surface area (Å²) < 4.78 is 11.3. The SMILES string of the molecule is CCOc1ccc(C(C)NC(=NC)NCCC(=O)NC2CCCC2)cc1OCC.I. The van der Waals surface area contributed by atoms with Gasteiger partial charge in [-0.1, -0.05) is 18.9 Å². The summed E-state index contributed by atoms with van der Waals surface area (Å²) in [5, 5.41) is 9.69. The van der Waals surface area contributed by atoms with E-state index in [-0.39, 0.29) is 35.9 Å². The predicted molar refractivity (Wildman–Crippen MR) is 132 cm³/mol. The number of benzene rings is 1. The van der Waals surface area contributed by atoms with Crippen molar-refractivity contribution in [3.63, 3.8) is 0 Å². The van der Waals surface area contributed by atoms with Gasteiger partial charge >= 0.3 is 0 Å². The molecule has 7 nitrogen and oxygen atoms in total. The number of aliphatic imine (C=N–C) groups is 1. The zero-order valence-electron chi connectivity index (χ0n) is 18.6. The highest BCUT2D eigenvalue weighted by Crippen LogP contribution is 2.30. The molecule has 1 atom stereocenters. The van der Waals surface area contributed by atoms with Crippen LogP contribution in [0.4, 0.5) is 0 Å². The average Bonchev–Trinajstić information content (AvgIpc) is 3.21. The van der Waals surface area contributed by atoms with Gasteiger partial charge in [0.1, 0.15) is 0 Å². The molecule has 170 valence electrons. The number of nitrogens with zero attached hydrogens (tertiary/aromatic N) is 1. The van der Waals surface area contributed by atoms with Crippen LogP contribution in [0.5, 0.6) is 11.5 Å². The van der Waals surface area contributed by atoms with Crippen molar-refractivity contribution in [2.24, 2.45) is 4.99 Å². The van der Waals surface area contributed by atoms with Crippen molar-refractivity contribution in [3.05, 3.63) is 23.8 Å². The first-order valence-electron chi connectivity index (χ1n) is 10.7. The number of guanidine groups is 1. The molecule has 0 radical (unpaired) electrons. The van der Waals surface area contributed by atoms with E-state index in [4.69, 9.17) is 9.47 Å². The molecule has 0 saturated heterocycles. The molecule has 1 amide bonds. The van der Waals surface area contributed by atoms with Gasteiger partial charge in [0.15, 0.2) is 17.5 Å². The number of rotatable bonds is 10. The maximum atomic E-state index is 12.1. The summed E-state index contributed by atoms with van der Waals surface area (Å²) in [6.07, 6.45) is 5.07. The van der Waals surface area contributed by atoms with Gasteiger partial charge in [0.05, 0.1) is 19.3 Å². The standard InChI is InChI=1S/C22H36N4O3.HI/c1-5-28-19-12-11-17(15-20(19)29-6-2)16(3)25-22(23-4)24-14-13-21(27)26-18-9-7-8-10-18;/h11-12,15-16,18H,5-10,13-14H2,1-4H3,(H,26,27)(H2,23,24,25);1H. The minimum Gasteiger partial charge on any atom is -0.490 e. The van der Waals surface area contributed by atoms with Gasteiger partial charge in [0.25, 0.3) is 0 Å². The summed E-state index contributed by atoms with van der Waals surface area (Å²) in [5.74, 6) is 2.26. The highest BCUT2D eigenvalue weighted by atomic mass is 127. The number of halogens is 1. The third-order valence-corrected chi connectivity index (χ3v) is 5.01. The molecule has 30 heavy (non-hydrogen) atoms. The number of amides is 1. The van der Waals surface area contributed by atoms with Crippen LogP contribution in [0.15, 0.2) is 23.2 Å². The molecule has 0 bridgehead atoms. The normalized spacial score (nSPS) is 15.1. The van der Waals surface area contributed by atoms with Gasteiger partial charge in [-0.05, 0) is 51.3 Å². The second kappa shape index (κ2) is 14.3. The molecular weight excluding hydrogens is 495 g/mol. The largest absolute Gasteiger partial charge is 0.490 e. The molecule has 1 unspecified atom stereocenters. The number of hydrogen-bond donors (Lipinski definition) is 3. The Kier molecular flexibility index (Phi) is 12.6. The van der Waals surface area contributed by atoms with E-state index >= 15 is 0 Å². The average molecular weight is 532 g/mol. The quantitative estimate of drug-likeness (QED) is 0.243. The molecule has 0 aromatic heterocycles. The van der Waals surface area contributed by atoms with E-state index in [1.807, 2.05) is 32.0 Å². The summed E-state index contributed by atoms with van der Waals surface area (Å²) in [6.45, 7) is 7.69. The minimum atomic E-state index is 0. The first-order chi connectivity index (χ1) is 14.1. The smallest absolute Gasteiger partial charge is 0.221 e. The molecule has 1 aliphatic carbocycles. The number of nitrogens with one attached hydrogen (secondary N) is 3. The molecule has 1 aliphatic rings. The second-order valence-corrected chi connectivity index (χ2v) is 7.24. The summed E-state index contributed by atoms with van der Waals surface area (Å²) >= 11 is 0. The second-order valence-electron chi connectivity index (χ2n) is 7.24. The molecule has 0 spiro atoms. The van der Waals surface area contributed by atoms with Crippen molar-refractivity contribution in [3.8, 4) is 11.5 Å². The Morgan fingerprint density at radius 2 is 1.83 bits per heavy atom. The van der Waals surface area contributed by atoms with E-state index in [9.17, 15) is 4.79 Å². The van der Waals surface area contributed by atoms with E-state index in [1.165, 1.54) is 12.8 Å². The lowest BCUT2D eigenvalue weighted by molar-refractivity contribution is -0.121. The van der Waals surface area contributed by atoms with Crippen LogP contribution < -0.4 is 25.4 Å². The van der Waals surface area contributed by atoms with Crippen LogP contribution in [0.2, 0.25) is 0 Å². The highest BCUT2D eigenvalue weighted by Gasteiger charge is 2.17. The molecule has 0 heterocycles. The third-order valence-electron chi connectivity index (χ3n) is 5.01. The Balaban J connectivity index is 0.00000450. The van der Waals surface area contributed by atoms with Gasteiger partial charge in [-0.3, -0.25) is 9.79 Å². The molecular formula is C22H37IN4O3. The topological polar surface area (TPSA) is 84.0 Å². The Labute approximate surface area is 197 Å². The van der Waals surface area contributed by atoms with Crippen molar-refractivity contribution in [1.82, 2.24) is 16.0 Å². The summed E-state index contributed by atoms with van der Waals surface area (Å²) in [7, 11) is 1.73. The maximum Gasteiger partial charge on any atom is 0.221 e. The van der Waals surface area contributed by atoms with E-state index < -0.39 is 0 Å². The zero-order chi connectivity index (χ0) is 21.1. The number of hydrogen-bond acceptors (Lipinski definition) is 4. The van der Waals surface area contributed by atoms with Gasteiger partial charge in [-0.15, -0.1) is 24.0 Å².